The van der Waals surface area contributed by atoms with Crippen LogP contribution in [0.15, 0.2) is 29.4 Å². The number of nitriles is 1. The summed E-state index contributed by atoms with van der Waals surface area (Å²) in [7, 11) is -2.36. The molecule has 0 spiro atoms. The monoisotopic (exact) mass is 311 g/mol. The highest BCUT2D eigenvalue weighted by Gasteiger charge is 2.24. The molecule has 0 atom stereocenters. The van der Waals surface area contributed by atoms with Crippen molar-refractivity contribution in [2.24, 2.45) is 0 Å². The van der Waals surface area contributed by atoms with E-state index in [4.69, 9.17) is 16.9 Å². The van der Waals surface area contributed by atoms with Crippen molar-refractivity contribution >= 4 is 21.6 Å². The largest absolute Gasteiger partial charge is 0.262 e. The Morgan fingerprint density at radius 2 is 2.25 bits per heavy atom. The Morgan fingerprint density at radius 1 is 1.50 bits per heavy atom. The van der Waals surface area contributed by atoms with Gasteiger partial charge in [-0.2, -0.15) is 14.7 Å². The number of H-pyrrole nitrogens is 1. The SMILES string of the molecule is CN(Cc1ncn[nH]1)S(=O)(=O)c1ccc(C#N)cc1Cl. The summed E-state index contributed by atoms with van der Waals surface area (Å²) in [6.45, 7) is 0.0403. The molecule has 0 aliphatic carbocycles. The molecule has 1 heterocycles. The molecule has 1 N–H and O–H groups in total. The molecule has 1 aromatic carbocycles. The minimum absolute atomic E-state index is 0.00784. The van der Waals surface area contributed by atoms with Crippen LogP contribution in [0.25, 0.3) is 0 Å². The maximum absolute atomic E-state index is 12.4. The molecule has 1 aromatic heterocycles. The number of hydrogen-bond donors (Lipinski definition) is 1. The Hall–Kier alpha value is -1.95. The first-order valence-electron chi connectivity index (χ1n) is 5.45. The van der Waals surface area contributed by atoms with E-state index in [9.17, 15) is 8.42 Å². The maximum atomic E-state index is 12.4. The van der Waals surface area contributed by atoms with Crippen molar-refractivity contribution in [3.8, 4) is 6.07 Å². The van der Waals surface area contributed by atoms with Gasteiger partial charge in [-0.3, -0.25) is 5.10 Å². The summed E-state index contributed by atoms with van der Waals surface area (Å²) >= 11 is 5.93. The molecule has 0 saturated carbocycles. The zero-order valence-electron chi connectivity index (χ0n) is 10.4. The molecule has 0 fully saturated rings. The zero-order chi connectivity index (χ0) is 14.8. The van der Waals surface area contributed by atoms with Gasteiger partial charge >= 0.3 is 0 Å². The fourth-order valence-corrected chi connectivity index (χ4v) is 3.20. The third-order valence-corrected chi connectivity index (χ3v) is 4.87. The molecule has 0 bridgehead atoms. The quantitative estimate of drug-likeness (QED) is 0.912. The van der Waals surface area contributed by atoms with Gasteiger partial charge in [0.05, 0.1) is 23.2 Å². The lowest BCUT2D eigenvalue weighted by Gasteiger charge is -2.16. The van der Waals surface area contributed by atoms with Crippen LogP contribution in [0.4, 0.5) is 0 Å². The van der Waals surface area contributed by atoms with Crippen LogP contribution < -0.4 is 0 Å². The summed E-state index contributed by atoms with van der Waals surface area (Å²) in [6, 6.07) is 5.93. The van der Waals surface area contributed by atoms with E-state index in [-0.39, 0.29) is 16.5 Å². The molecule has 0 amide bonds. The van der Waals surface area contributed by atoms with Gasteiger partial charge in [-0.25, -0.2) is 13.4 Å². The summed E-state index contributed by atoms with van der Waals surface area (Å²) < 4.78 is 25.8. The van der Waals surface area contributed by atoms with Crippen molar-refractivity contribution in [3.63, 3.8) is 0 Å². The number of benzene rings is 1. The average molecular weight is 312 g/mol. The van der Waals surface area contributed by atoms with Crippen LogP contribution in [0.5, 0.6) is 0 Å². The van der Waals surface area contributed by atoms with Crippen molar-refractivity contribution in [1.82, 2.24) is 19.5 Å². The molecule has 104 valence electrons. The van der Waals surface area contributed by atoms with Crippen molar-refractivity contribution in [3.05, 3.63) is 40.9 Å². The van der Waals surface area contributed by atoms with E-state index in [2.05, 4.69) is 15.2 Å². The second kappa shape index (κ2) is 5.58. The molecule has 0 radical (unpaired) electrons. The van der Waals surface area contributed by atoms with Crippen LogP contribution in [-0.2, 0) is 16.6 Å². The van der Waals surface area contributed by atoms with Gasteiger partial charge in [0.25, 0.3) is 0 Å². The number of aromatic nitrogens is 3. The van der Waals surface area contributed by atoms with Gasteiger partial charge in [-0.05, 0) is 18.2 Å². The van der Waals surface area contributed by atoms with Crippen molar-refractivity contribution < 1.29 is 8.42 Å². The number of nitrogens with zero attached hydrogens (tertiary/aromatic N) is 4. The van der Waals surface area contributed by atoms with E-state index in [0.29, 0.717) is 11.4 Å². The average Bonchev–Trinajstić information content (AvgIpc) is 2.91. The Labute approximate surface area is 120 Å². The predicted molar refractivity (Wildman–Crippen MR) is 71.2 cm³/mol. The van der Waals surface area contributed by atoms with Crippen LogP contribution in [0.2, 0.25) is 5.02 Å². The summed E-state index contributed by atoms with van der Waals surface area (Å²) in [6.07, 6.45) is 1.30. The van der Waals surface area contributed by atoms with E-state index in [1.54, 1.807) is 0 Å². The van der Waals surface area contributed by atoms with E-state index >= 15 is 0 Å². The smallest absolute Gasteiger partial charge is 0.244 e. The highest BCUT2D eigenvalue weighted by molar-refractivity contribution is 7.89. The first kappa shape index (κ1) is 14.5. The molecule has 9 heteroatoms. The van der Waals surface area contributed by atoms with E-state index < -0.39 is 10.0 Å². The Morgan fingerprint density at radius 3 is 2.80 bits per heavy atom. The second-order valence-electron chi connectivity index (χ2n) is 3.95. The molecule has 20 heavy (non-hydrogen) atoms. The summed E-state index contributed by atoms with van der Waals surface area (Å²) in [5.74, 6) is 0.417. The minimum atomic E-state index is -3.77. The van der Waals surface area contributed by atoms with Gasteiger partial charge in [0.2, 0.25) is 10.0 Å². The normalized spacial score (nSPS) is 11.5. The topological polar surface area (TPSA) is 103 Å². The lowest BCUT2D eigenvalue weighted by atomic mass is 10.2. The Kier molecular flexibility index (Phi) is 4.04. The minimum Gasteiger partial charge on any atom is -0.262 e. The van der Waals surface area contributed by atoms with Crippen LogP contribution in [0, 0.1) is 11.3 Å². The molecule has 0 saturated heterocycles. The lowest BCUT2D eigenvalue weighted by molar-refractivity contribution is 0.457. The van der Waals surface area contributed by atoms with Gasteiger partial charge in [0.1, 0.15) is 17.0 Å². The van der Waals surface area contributed by atoms with Crippen LogP contribution in [-0.4, -0.2) is 35.0 Å². The van der Waals surface area contributed by atoms with Gasteiger partial charge in [0, 0.05) is 7.05 Å². The third kappa shape index (κ3) is 2.80. The Balaban J connectivity index is 2.33. The first-order chi connectivity index (χ1) is 9.45. The Bertz CT molecular complexity index is 752. The molecular weight excluding hydrogens is 302 g/mol. The van der Waals surface area contributed by atoms with Crippen molar-refractivity contribution in [2.75, 3.05) is 7.05 Å². The first-order valence-corrected chi connectivity index (χ1v) is 7.27. The number of aromatic amines is 1. The summed E-state index contributed by atoms with van der Waals surface area (Å²) in [5, 5.41) is 15.0. The number of halogens is 1. The molecule has 7 nitrogen and oxygen atoms in total. The number of hydrogen-bond acceptors (Lipinski definition) is 5. The van der Waals surface area contributed by atoms with E-state index in [0.717, 1.165) is 4.31 Å². The van der Waals surface area contributed by atoms with E-state index in [1.165, 1.54) is 31.6 Å². The molecule has 2 rings (SSSR count). The molecular formula is C11H10ClN5O2S. The molecule has 0 aliphatic rings. The second-order valence-corrected chi connectivity index (χ2v) is 6.37. The third-order valence-electron chi connectivity index (χ3n) is 2.59. The highest BCUT2D eigenvalue weighted by atomic mass is 35.5. The van der Waals surface area contributed by atoms with Crippen LogP contribution >= 0.6 is 11.6 Å². The van der Waals surface area contributed by atoms with Crippen molar-refractivity contribution in [1.29, 1.82) is 5.26 Å². The molecule has 0 aliphatic heterocycles. The number of sulfonamides is 1. The fourth-order valence-electron chi connectivity index (χ4n) is 1.55. The van der Waals surface area contributed by atoms with Gasteiger partial charge in [-0.15, -0.1) is 0 Å². The van der Waals surface area contributed by atoms with Crippen LogP contribution in [0.3, 0.4) is 0 Å². The molecule has 0 unspecified atom stereocenters. The van der Waals surface area contributed by atoms with Crippen molar-refractivity contribution in [2.45, 2.75) is 11.4 Å². The standard InChI is InChI=1S/C11H10ClN5O2S/c1-17(6-11-14-7-15-16-11)20(18,19)10-3-2-8(5-13)4-9(10)12/h2-4,7H,6H2,1H3,(H,14,15,16). The van der Waals surface area contributed by atoms with Gasteiger partial charge in [-0.1, -0.05) is 11.6 Å². The fraction of sp³-hybridized carbons (Fsp3) is 0.182. The van der Waals surface area contributed by atoms with Gasteiger partial charge in [0.15, 0.2) is 0 Å². The number of nitrogens with one attached hydrogen (secondary N) is 1. The predicted octanol–water partition coefficient (Wildman–Crippen LogP) is 1.15. The summed E-state index contributed by atoms with van der Waals surface area (Å²) in [4.78, 5) is 3.81. The molecule has 2 aromatic rings. The number of rotatable bonds is 4. The van der Waals surface area contributed by atoms with Gasteiger partial charge < -0.3 is 0 Å². The summed E-state index contributed by atoms with van der Waals surface area (Å²) in [5.41, 5.74) is 0.298. The van der Waals surface area contributed by atoms with E-state index in [1.807, 2.05) is 6.07 Å². The highest BCUT2D eigenvalue weighted by Crippen LogP contribution is 2.25. The van der Waals surface area contributed by atoms with Crippen LogP contribution in [0.1, 0.15) is 11.4 Å². The zero-order valence-corrected chi connectivity index (χ0v) is 12.0. The lowest BCUT2D eigenvalue weighted by Crippen LogP contribution is -2.27. The maximum Gasteiger partial charge on any atom is 0.244 e.